The molecule has 0 saturated heterocycles. The third-order valence-corrected chi connectivity index (χ3v) is 7.34. The molecule has 0 unspecified atom stereocenters. The first kappa shape index (κ1) is 26.0. The third kappa shape index (κ3) is 7.20. The van der Waals surface area contributed by atoms with E-state index >= 15 is 0 Å². The van der Waals surface area contributed by atoms with Gasteiger partial charge in [0.2, 0.25) is 11.8 Å². The van der Waals surface area contributed by atoms with Gasteiger partial charge in [-0.2, -0.15) is 0 Å². The van der Waals surface area contributed by atoms with Crippen molar-refractivity contribution in [3.8, 4) is 0 Å². The number of nitrogens with one attached hydrogen (secondary N) is 1. The molecule has 0 spiro atoms. The molecule has 36 heavy (non-hydrogen) atoms. The van der Waals surface area contributed by atoms with E-state index < -0.39 is 6.04 Å². The van der Waals surface area contributed by atoms with Crippen molar-refractivity contribution in [2.75, 3.05) is 0 Å². The maximum Gasteiger partial charge on any atom is 0.243 e. The fraction of sp³-hybridized carbons (Fsp3) is 0.355. The highest BCUT2D eigenvalue weighted by Gasteiger charge is 2.32. The topological polar surface area (TPSA) is 49.4 Å². The van der Waals surface area contributed by atoms with Gasteiger partial charge in [0.15, 0.2) is 0 Å². The molecule has 1 saturated carbocycles. The Balaban J connectivity index is 1.65. The number of carbonyl (C=O) groups is 2. The highest BCUT2D eigenvalue weighted by Crippen LogP contribution is 2.21. The van der Waals surface area contributed by atoms with Gasteiger partial charge >= 0.3 is 0 Å². The average Bonchev–Trinajstić information content (AvgIpc) is 2.89. The third-order valence-electron chi connectivity index (χ3n) is 7.09. The van der Waals surface area contributed by atoms with Crippen molar-refractivity contribution in [3.63, 3.8) is 0 Å². The predicted octanol–water partition coefficient (Wildman–Crippen LogP) is 6.28. The molecule has 1 atom stereocenters. The predicted molar refractivity (Wildman–Crippen MR) is 146 cm³/mol. The lowest BCUT2D eigenvalue weighted by Gasteiger charge is -2.33. The van der Waals surface area contributed by atoms with Crippen LogP contribution in [0.25, 0.3) is 0 Å². The van der Waals surface area contributed by atoms with E-state index in [4.69, 9.17) is 11.6 Å². The van der Waals surface area contributed by atoms with E-state index in [0.29, 0.717) is 18.0 Å². The Morgan fingerprint density at radius 2 is 1.56 bits per heavy atom. The van der Waals surface area contributed by atoms with E-state index in [-0.39, 0.29) is 24.3 Å². The van der Waals surface area contributed by atoms with Gasteiger partial charge in [0.1, 0.15) is 6.04 Å². The number of benzene rings is 3. The molecule has 0 radical (unpaired) electrons. The summed E-state index contributed by atoms with van der Waals surface area (Å²) in [5, 5.41) is 3.94. The highest BCUT2D eigenvalue weighted by atomic mass is 35.5. The first-order valence-corrected chi connectivity index (χ1v) is 13.3. The van der Waals surface area contributed by atoms with Crippen molar-refractivity contribution in [3.05, 3.63) is 106 Å². The molecular formula is C31H35ClN2O2. The lowest BCUT2D eigenvalue weighted by atomic mass is 9.94. The monoisotopic (exact) mass is 502 g/mol. The molecular weight excluding hydrogens is 468 g/mol. The second-order valence-corrected chi connectivity index (χ2v) is 10.2. The molecule has 188 valence electrons. The summed E-state index contributed by atoms with van der Waals surface area (Å²) in [5.41, 5.74) is 4.03. The SMILES string of the molecule is Cc1ccccc1CC(=O)N(Cc1ccc(Cl)cc1)[C@H](Cc1ccccc1)C(=O)NC1CCCCC1. The Hall–Kier alpha value is -3.11. The minimum absolute atomic E-state index is 0.0565. The van der Waals surface area contributed by atoms with Gasteiger partial charge in [-0.3, -0.25) is 9.59 Å². The second kappa shape index (κ2) is 12.7. The molecule has 0 bridgehead atoms. The van der Waals surface area contributed by atoms with Crippen LogP contribution < -0.4 is 5.32 Å². The molecule has 4 nitrogen and oxygen atoms in total. The van der Waals surface area contributed by atoms with Crippen LogP contribution in [0.5, 0.6) is 0 Å². The summed E-state index contributed by atoms with van der Waals surface area (Å²) in [6, 6.07) is 25.0. The molecule has 2 amide bonds. The van der Waals surface area contributed by atoms with E-state index in [0.717, 1.165) is 47.9 Å². The molecule has 1 aliphatic carbocycles. The summed E-state index contributed by atoms with van der Waals surface area (Å²) in [4.78, 5) is 29.4. The van der Waals surface area contributed by atoms with Gasteiger partial charge < -0.3 is 10.2 Å². The van der Waals surface area contributed by atoms with Crippen LogP contribution in [0.4, 0.5) is 0 Å². The summed E-state index contributed by atoms with van der Waals surface area (Å²) in [7, 11) is 0. The Morgan fingerprint density at radius 3 is 2.25 bits per heavy atom. The summed E-state index contributed by atoms with van der Waals surface area (Å²) in [6.45, 7) is 2.36. The number of hydrogen-bond acceptors (Lipinski definition) is 2. The van der Waals surface area contributed by atoms with Crippen LogP contribution in [0.2, 0.25) is 5.02 Å². The van der Waals surface area contributed by atoms with Gasteiger partial charge in [-0.25, -0.2) is 0 Å². The van der Waals surface area contributed by atoms with E-state index in [1.807, 2.05) is 85.8 Å². The minimum atomic E-state index is -0.610. The van der Waals surface area contributed by atoms with Gasteiger partial charge in [-0.05, 0) is 54.2 Å². The van der Waals surface area contributed by atoms with Crippen LogP contribution in [0.15, 0.2) is 78.9 Å². The number of halogens is 1. The van der Waals surface area contributed by atoms with Crippen molar-refractivity contribution in [1.82, 2.24) is 10.2 Å². The molecule has 3 aromatic carbocycles. The van der Waals surface area contributed by atoms with Crippen LogP contribution in [-0.4, -0.2) is 28.8 Å². The van der Waals surface area contributed by atoms with Crippen molar-refractivity contribution in [1.29, 1.82) is 0 Å². The molecule has 1 fully saturated rings. The van der Waals surface area contributed by atoms with Gasteiger partial charge in [0, 0.05) is 24.0 Å². The number of nitrogens with zero attached hydrogens (tertiary/aromatic N) is 1. The molecule has 0 heterocycles. The number of amides is 2. The van der Waals surface area contributed by atoms with Crippen LogP contribution in [-0.2, 0) is 29.0 Å². The largest absolute Gasteiger partial charge is 0.352 e. The first-order valence-electron chi connectivity index (χ1n) is 12.9. The molecule has 0 aliphatic heterocycles. The van der Waals surface area contributed by atoms with Crippen molar-refractivity contribution in [2.24, 2.45) is 0 Å². The molecule has 1 aliphatic rings. The zero-order chi connectivity index (χ0) is 25.3. The smallest absolute Gasteiger partial charge is 0.243 e. The minimum Gasteiger partial charge on any atom is -0.352 e. The summed E-state index contributed by atoms with van der Waals surface area (Å²) in [6.07, 6.45) is 6.20. The maximum absolute atomic E-state index is 13.9. The molecule has 5 heteroatoms. The summed E-state index contributed by atoms with van der Waals surface area (Å²) >= 11 is 6.12. The van der Waals surface area contributed by atoms with Gasteiger partial charge in [-0.15, -0.1) is 0 Å². The average molecular weight is 503 g/mol. The lowest BCUT2D eigenvalue weighted by Crippen LogP contribution is -2.53. The number of aryl methyl sites for hydroxylation is 1. The number of rotatable bonds is 9. The fourth-order valence-corrected chi connectivity index (χ4v) is 5.08. The summed E-state index contributed by atoms with van der Waals surface area (Å²) in [5.74, 6) is -0.128. The van der Waals surface area contributed by atoms with Crippen molar-refractivity contribution >= 4 is 23.4 Å². The maximum atomic E-state index is 13.9. The van der Waals surface area contributed by atoms with Gasteiger partial charge in [0.25, 0.3) is 0 Å². The quantitative estimate of drug-likeness (QED) is 0.374. The van der Waals surface area contributed by atoms with Crippen molar-refractivity contribution < 1.29 is 9.59 Å². The van der Waals surface area contributed by atoms with Crippen LogP contribution in [0, 0.1) is 6.92 Å². The Labute approximate surface area is 219 Å². The van der Waals surface area contributed by atoms with Crippen molar-refractivity contribution in [2.45, 2.75) is 70.5 Å². The van der Waals surface area contributed by atoms with E-state index in [2.05, 4.69) is 5.32 Å². The van der Waals surface area contributed by atoms with Crippen LogP contribution >= 0.6 is 11.6 Å². The number of hydrogen-bond donors (Lipinski definition) is 1. The standard InChI is InChI=1S/C31H35ClN2O2/c1-23-10-8-9-13-26(23)21-30(35)34(22-25-16-18-27(32)19-17-25)29(20-24-11-4-2-5-12-24)31(36)33-28-14-6-3-7-15-28/h2,4-5,8-13,16-19,28-29H,3,6-7,14-15,20-22H2,1H3,(H,33,36)/t29-/m1/s1. The van der Waals surface area contributed by atoms with E-state index in [9.17, 15) is 9.59 Å². The zero-order valence-electron chi connectivity index (χ0n) is 21.0. The Morgan fingerprint density at radius 1 is 0.889 bits per heavy atom. The first-order chi connectivity index (χ1) is 17.5. The lowest BCUT2D eigenvalue weighted by molar-refractivity contribution is -0.141. The zero-order valence-corrected chi connectivity index (χ0v) is 21.7. The molecule has 0 aromatic heterocycles. The van der Waals surface area contributed by atoms with E-state index in [1.165, 1.54) is 6.42 Å². The normalized spacial score (nSPS) is 14.7. The van der Waals surface area contributed by atoms with Crippen LogP contribution in [0.1, 0.15) is 54.4 Å². The van der Waals surface area contributed by atoms with Gasteiger partial charge in [0.05, 0.1) is 6.42 Å². The molecule has 4 rings (SSSR count). The second-order valence-electron chi connectivity index (χ2n) is 9.80. The fourth-order valence-electron chi connectivity index (χ4n) is 4.96. The summed E-state index contributed by atoms with van der Waals surface area (Å²) < 4.78 is 0. The molecule has 3 aromatic rings. The van der Waals surface area contributed by atoms with Gasteiger partial charge in [-0.1, -0.05) is 97.6 Å². The Kier molecular flexibility index (Phi) is 9.18. The van der Waals surface area contributed by atoms with E-state index in [1.54, 1.807) is 4.90 Å². The molecule has 1 N–H and O–H groups in total. The highest BCUT2D eigenvalue weighted by molar-refractivity contribution is 6.30. The van der Waals surface area contributed by atoms with Crippen LogP contribution in [0.3, 0.4) is 0 Å². The number of carbonyl (C=O) groups excluding carboxylic acids is 2. The Bertz CT molecular complexity index is 1140.